The standard InChI is InChI=1S/C20H22O4/c1-20(2,3)24-19(21)18-17(23-18)14-10-11-16(22-4)15(12-14)13-8-6-5-7-9-13/h5-12,17-18H,1-4H3. The van der Waals surface area contributed by atoms with Crippen LogP contribution in [0.4, 0.5) is 0 Å². The van der Waals surface area contributed by atoms with E-state index < -0.39 is 11.7 Å². The first-order chi connectivity index (χ1) is 11.4. The van der Waals surface area contributed by atoms with E-state index in [1.165, 1.54) is 0 Å². The van der Waals surface area contributed by atoms with Gasteiger partial charge in [-0.2, -0.15) is 0 Å². The summed E-state index contributed by atoms with van der Waals surface area (Å²) in [6.07, 6.45) is -0.783. The lowest BCUT2D eigenvalue weighted by Crippen LogP contribution is -2.26. The fourth-order valence-electron chi connectivity index (χ4n) is 2.65. The molecule has 0 aromatic heterocycles. The predicted molar refractivity (Wildman–Crippen MR) is 91.9 cm³/mol. The Morgan fingerprint density at radius 2 is 1.79 bits per heavy atom. The highest BCUT2D eigenvalue weighted by atomic mass is 16.6. The molecule has 0 N–H and O–H groups in total. The van der Waals surface area contributed by atoms with Crippen molar-refractivity contribution >= 4 is 5.97 Å². The van der Waals surface area contributed by atoms with Crippen LogP contribution in [0.25, 0.3) is 11.1 Å². The van der Waals surface area contributed by atoms with E-state index in [1.54, 1.807) is 7.11 Å². The van der Waals surface area contributed by atoms with Crippen LogP contribution in [-0.4, -0.2) is 24.8 Å². The van der Waals surface area contributed by atoms with Crippen molar-refractivity contribution < 1.29 is 19.0 Å². The van der Waals surface area contributed by atoms with Crippen LogP contribution in [0, 0.1) is 0 Å². The number of esters is 1. The summed E-state index contributed by atoms with van der Waals surface area (Å²) in [4.78, 5) is 12.1. The van der Waals surface area contributed by atoms with Crippen molar-refractivity contribution in [2.75, 3.05) is 7.11 Å². The molecule has 0 amide bonds. The average molecular weight is 326 g/mol. The Hall–Kier alpha value is -2.33. The van der Waals surface area contributed by atoms with Crippen LogP contribution < -0.4 is 4.74 Å². The number of hydrogen-bond donors (Lipinski definition) is 0. The van der Waals surface area contributed by atoms with Crippen molar-refractivity contribution in [3.63, 3.8) is 0 Å². The second-order valence-corrected chi connectivity index (χ2v) is 6.84. The molecule has 1 aliphatic heterocycles. The minimum Gasteiger partial charge on any atom is -0.496 e. The number of carbonyl (C=O) groups excluding carboxylic acids is 1. The smallest absolute Gasteiger partial charge is 0.338 e. The molecule has 3 rings (SSSR count). The van der Waals surface area contributed by atoms with E-state index in [1.807, 2.05) is 69.3 Å². The highest BCUT2D eigenvalue weighted by Gasteiger charge is 2.48. The summed E-state index contributed by atoms with van der Waals surface area (Å²) in [6, 6.07) is 15.9. The van der Waals surface area contributed by atoms with Crippen LogP contribution in [0.2, 0.25) is 0 Å². The first-order valence-electron chi connectivity index (χ1n) is 8.01. The van der Waals surface area contributed by atoms with Crippen molar-refractivity contribution in [2.24, 2.45) is 0 Å². The van der Waals surface area contributed by atoms with E-state index in [0.29, 0.717) is 0 Å². The third kappa shape index (κ3) is 3.60. The lowest BCUT2D eigenvalue weighted by atomic mass is 9.99. The highest BCUT2D eigenvalue weighted by molar-refractivity contribution is 5.79. The molecular formula is C20H22O4. The molecule has 2 unspecified atom stereocenters. The Labute approximate surface area is 142 Å². The Morgan fingerprint density at radius 3 is 2.42 bits per heavy atom. The highest BCUT2D eigenvalue weighted by Crippen LogP contribution is 2.43. The van der Waals surface area contributed by atoms with Crippen molar-refractivity contribution in [2.45, 2.75) is 38.6 Å². The van der Waals surface area contributed by atoms with Crippen molar-refractivity contribution in [3.8, 4) is 16.9 Å². The molecule has 0 bridgehead atoms. The van der Waals surface area contributed by atoms with E-state index >= 15 is 0 Å². The van der Waals surface area contributed by atoms with Crippen molar-refractivity contribution in [1.82, 2.24) is 0 Å². The van der Waals surface area contributed by atoms with Gasteiger partial charge in [0.1, 0.15) is 17.5 Å². The number of ether oxygens (including phenoxy) is 3. The van der Waals surface area contributed by atoms with Crippen LogP contribution in [-0.2, 0) is 14.3 Å². The summed E-state index contributed by atoms with van der Waals surface area (Å²) in [5.41, 5.74) is 2.48. The molecule has 4 nitrogen and oxygen atoms in total. The van der Waals surface area contributed by atoms with Gasteiger partial charge in [-0.3, -0.25) is 0 Å². The van der Waals surface area contributed by atoms with Gasteiger partial charge in [0, 0.05) is 5.56 Å². The van der Waals surface area contributed by atoms with Gasteiger partial charge in [0.15, 0.2) is 6.10 Å². The minimum absolute atomic E-state index is 0.256. The van der Waals surface area contributed by atoms with Crippen LogP contribution in [0.15, 0.2) is 48.5 Å². The predicted octanol–water partition coefficient (Wildman–Crippen LogP) is 4.14. The van der Waals surface area contributed by atoms with E-state index in [0.717, 1.165) is 22.4 Å². The quantitative estimate of drug-likeness (QED) is 0.626. The Morgan fingerprint density at radius 1 is 1.08 bits per heavy atom. The van der Waals surface area contributed by atoms with Gasteiger partial charge in [0.2, 0.25) is 0 Å². The van der Waals surface area contributed by atoms with E-state index in [-0.39, 0.29) is 12.1 Å². The second kappa shape index (κ2) is 6.29. The zero-order valence-electron chi connectivity index (χ0n) is 14.4. The average Bonchev–Trinajstić information content (AvgIpc) is 3.34. The lowest BCUT2D eigenvalue weighted by molar-refractivity contribution is -0.156. The molecule has 0 saturated carbocycles. The topological polar surface area (TPSA) is 48.1 Å². The molecule has 1 heterocycles. The molecule has 0 spiro atoms. The van der Waals surface area contributed by atoms with Gasteiger partial charge in [-0.1, -0.05) is 36.4 Å². The molecule has 0 radical (unpaired) electrons. The molecule has 2 aromatic rings. The largest absolute Gasteiger partial charge is 0.496 e. The van der Waals surface area contributed by atoms with Gasteiger partial charge in [0.25, 0.3) is 0 Å². The normalized spacial score (nSPS) is 19.7. The molecule has 4 heteroatoms. The first kappa shape index (κ1) is 16.5. The van der Waals surface area contributed by atoms with E-state index in [2.05, 4.69) is 0 Å². The summed E-state index contributed by atoms with van der Waals surface area (Å²) in [5, 5.41) is 0. The number of methoxy groups -OCH3 is 1. The Kier molecular flexibility index (Phi) is 4.33. The van der Waals surface area contributed by atoms with Crippen molar-refractivity contribution in [3.05, 3.63) is 54.1 Å². The van der Waals surface area contributed by atoms with E-state index in [9.17, 15) is 4.79 Å². The molecule has 2 atom stereocenters. The molecule has 1 saturated heterocycles. The summed E-state index contributed by atoms with van der Waals surface area (Å²) in [7, 11) is 1.65. The van der Waals surface area contributed by atoms with Gasteiger partial charge in [-0.15, -0.1) is 0 Å². The molecule has 1 aliphatic rings. The molecule has 126 valence electrons. The zero-order chi connectivity index (χ0) is 17.3. The van der Waals surface area contributed by atoms with Gasteiger partial charge in [-0.05, 0) is 44.0 Å². The van der Waals surface area contributed by atoms with Gasteiger partial charge >= 0.3 is 5.97 Å². The van der Waals surface area contributed by atoms with Gasteiger partial charge in [0.05, 0.1) is 7.11 Å². The molecular weight excluding hydrogens is 304 g/mol. The molecule has 24 heavy (non-hydrogen) atoms. The summed E-state index contributed by atoms with van der Waals surface area (Å²) < 4.78 is 16.4. The maximum absolute atomic E-state index is 12.1. The number of rotatable bonds is 4. The first-order valence-corrected chi connectivity index (χ1v) is 8.01. The minimum atomic E-state index is -0.527. The maximum atomic E-state index is 12.1. The van der Waals surface area contributed by atoms with Crippen LogP contribution in [0.3, 0.4) is 0 Å². The Bertz CT molecular complexity index is 731. The summed E-state index contributed by atoms with van der Waals surface area (Å²) in [6.45, 7) is 5.55. The number of hydrogen-bond acceptors (Lipinski definition) is 4. The summed E-state index contributed by atoms with van der Waals surface area (Å²) >= 11 is 0. The van der Waals surface area contributed by atoms with Crippen LogP contribution in [0.5, 0.6) is 5.75 Å². The van der Waals surface area contributed by atoms with Crippen molar-refractivity contribution in [1.29, 1.82) is 0 Å². The number of carbonyl (C=O) groups is 1. The lowest BCUT2D eigenvalue weighted by Gasteiger charge is -2.18. The third-order valence-corrected chi connectivity index (χ3v) is 3.77. The maximum Gasteiger partial charge on any atom is 0.338 e. The number of benzene rings is 2. The molecule has 0 aliphatic carbocycles. The van der Waals surface area contributed by atoms with E-state index in [4.69, 9.17) is 14.2 Å². The monoisotopic (exact) mass is 326 g/mol. The van der Waals surface area contributed by atoms with Gasteiger partial charge in [-0.25, -0.2) is 4.79 Å². The van der Waals surface area contributed by atoms with Crippen LogP contribution >= 0.6 is 0 Å². The fourth-order valence-corrected chi connectivity index (χ4v) is 2.65. The Balaban J connectivity index is 1.83. The number of epoxide rings is 1. The molecule has 1 fully saturated rings. The zero-order valence-corrected chi connectivity index (χ0v) is 14.4. The third-order valence-electron chi connectivity index (χ3n) is 3.77. The van der Waals surface area contributed by atoms with Gasteiger partial charge < -0.3 is 14.2 Å². The van der Waals surface area contributed by atoms with Crippen LogP contribution in [0.1, 0.15) is 32.4 Å². The second-order valence-electron chi connectivity index (χ2n) is 6.84. The SMILES string of the molecule is COc1ccc(C2OC2C(=O)OC(C)(C)C)cc1-c1ccccc1. The molecule has 2 aromatic carbocycles. The fraction of sp³-hybridized carbons (Fsp3) is 0.350. The summed E-state index contributed by atoms with van der Waals surface area (Å²) in [5.74, 6) is 0.476.